The van der Waals surface area contributed by atoms with Gasteiger partial charge >= 0.3 is 0 Å². The van der Waals surface area contributed by atoms with Gasteiger partial charge in [-0.1, -0.05) is 45.0 Å². The van der Waals surface area contributed by atoms with Crippen molar-refractivity contribution in [3.05, 3.63) is 35.4 Å². The Bertz CT molecular complexity index is 360. The third-order valence-electron chi connectivity index (χ3n) is 4.20. The number of nitrogens with one attached hydrogen (secondary N) is 1. The van der Waals surface area contributed by atoms with Crippen LogP contribution in [-0.4, -0.2) is 36.6 Å². The molecule has 1 aromatic rings. The second-order valence-corrected chi connectivity index (χ2v) is 5.93. The van der Waals surface area contributed by atoms with Gasteiger partial charge < -0.3 is 5.32 Å². The van der Waals surface area contributed by atoms with Crippen LogP contribution in [0.5, 0.6) is 0 Å². The number of benzene rings is 1. The van der Waals surface area contributed by atoms with Crippen molar-refractivity contribution >= 4 is 0 Å². The summed E-state index contributed by atoms with van der Waals surface area (Å²) >= 11 is 0. The maximum atomic E-state index is 3.59. The molecule has 106 valence electrons. The Balaban J connectivity index is 1.95. The lowest BCUT2D eigenvalue weighted by Crippen LogP contribution is -2.44. The summed E-state index contributed by atoms with van der Waals surface area (Å²) in [7, 11) is 0. The first-order valence-corrected chi connectivity index (χ1v) is 7.75. The Hall–Kier alpha value is -0.860. The lowest BCUT2D eigenvalue weighted by Gasteiger charge is -2.30. The van der Waals surface area contributed by atoms with Crippen molar-refractivity contribution in [2.24, 2.45) is 0 Å². The molecule has 0 radical (unpaired) electrons. The molecule has 0 saturated carbocycles. The van der Waals surface area contributed by atoms with Crippen LogP contribution in [0.2, 0.25) is 0 Å². The van der Waals surface area contributed by atoms with Crippen LogP contribution < -0.4 is 5.32 Å². The number of nitrogens with zero attached hydrogens (tertiary/aromatic N) is 1. The van der Waals surface area contributed by atoms with Crippen LogP contribution in [-0.2, 0) is 12.8 Å². The summed E-state index contributed by atoms with van der Waals surface area (Å²) in [5, 5.41) is 3.59. The van der Waals surface area contributed by atoms with E-state index in [1.807, 2.05) is 0 Å². The molecule has 0 spiro atoms. The van der Waals surface area contributed by atoms with E-state index in [0.717, 1.165) is 6.54 Å². The molecule has 2 nitrogen and oxygen atoms in total. The molecule has 19 heavy (non-hydrogen) atoms. The number of hydrogen-bond acceptors (Lipinski definition) is 2. The zero-order chi connectivity index (χ0) is 13.7. The molecule has 1 aromatic carbocycles. The zero-order valence-electron chi connectivity index (χ0n) is 12.7. The minimum absolute atomic E-state index is 0.582. The summed E-state index contributed by atoms with van der Waals surface area (Å²) in [6.45, 7) is 10.3. The molecular formula is C17H28N2. The quantitative estimate of drug-likeness (QED) is 0.876. The monoisotopic (exact) mass is 260 g/mol. The summed E-state index contributed by atoms with van der Waals surface area (Å²) in [5.41, 5.74) is 3.10. The second-order valence-electron chi connectivity index (χ2n) is 5.93. The fourth-order valence-corrected chi connectivity index (χ4v) is 2.95. The molecule has 0 bridgehead atoms. The highest BCUT2D eigenvalue weighted by Gasteiger charge is 2.20. The van der Waals surface area contributed by atoms with E-state index >= 15 is 0 Å². The fraction of sp³-hybridized carbons (Fsp3) is 0.647. The Morgan fingerprint density at radius 3 is 2.16 bits per heavy atom. The topological polar surface area (TPSA) is 15.3 Å². The van der Waals surface area contributed by atoms with Crippen LogP contribution in [0.4, 0.5) is 0 Å². The van der Waals surface area contributed by atoms with Crippen molar-refractivity contribution in [2.75, 3.05) is 19.6 Å². The van der Waals surface area contributed by atoms with Crippen molar-refractivity contribution in [1.29, 1.82) is 0 Å². The SMILES string of the molecule is CCC(CNC(C)C)N1CCc2ccccc2CC1. The third kappa shape index (κ3) is 4.05. The van der Waals surface area contributed by atoms with Crippen LogP contribution in [0.1, 0.15) is 38.3 Å². The molecule has 1 unspecified atom stereocenters. The highest BCUT2D eigenvalue weighted by atomic mass is 15.2. The van der Waals surface area contributed by atoms with Crippen molar-refractivity contribution in [2.45, 2.75) is 52.1 Å². The second kappa shape index (κ2) is 7.06. The van der Waals surface area contributed by atoms with Crippen LogP contribution in [0, 0.1) is 0 Å². The highest BCUT2D eigenvalue weighted by molar-refractivity contribution is 5.28. The van der Waals surface area contributed by atoms with Gasteiger partial charge in [0, 0.05) is 31.7 Å². The Morgan fingerprint density at radius 2 is 1.68 bits per heavy atom. The lowest BCUT2D eigenvalue weighted by molar-refractivity contribution is 0.192. The van der Waals surface area contributed by atoms with Crippen LogP contribution >= 0.6 is 0 Å². The van der Waals surface area contributed by atoms with Gasteiger partial charge in [-0.05, 0) is 30.4 Å². The number of hydrogen-bond donors (Lipinski definition) is 1. The molecule has 2 rings (SSSR count). The zero-order valence-corrected chi connectivity index (χ0v) is 12.7. The van der Waals surface area contributed by atoms with Gasteiger partial charge in [0.05, 0.1) is 0 Å². The summed E-state index contributed by atoms with van der Waals surface area (Å²) in [5.74, 6) is 0. The first kappa shape index (κ1) is 14.5. The smallest absolute Gasteiger partial charge is 0.0218 e. The molecule has 0 fully saturated rings. The number of fused-ring (bicyclic) bond motifs is 1. The molecule has 0 aliphatic carbocycles. The van der Waals surface area contributed by atoms with E-state index in [-0.39, 0.29) is 0 Å². The molecule has 1 heterocycles. The van der Waals surface area contributed by atoms with Crippen LogP contribution in [0.3, 0.4) is 0 Å². The van der Waals surface area contributed by atoms with E-state index in [2.05, 4.69) is 55.3 Å². The van der Waals surface area contributed by atoms with Gasteiger partial charge in [0.15, 0.2) is 0 Å². The van der Waals surface area contributed by atoms with Gasteiger partial charge in [-0.25, -0.2) is 0 Å². The first-order valence-electron chi connectivity index (χ1n) is 7.75. The maximum absolute atomic E-state index is 3.59. The Morgan fingerprint density at radius 1 is 1.11 bits per heavy atom. The maximum Gasteiger partial charge on any atom is 0.0218 e. The van der Waals surface area contributed by atoms with Gasteiger partial charge in [-0.15, -0.1) is 0 Å². The molecule has 1 atom stereocenters. The first-order chi connectivity index (χ1) is 9.20. The molecule has 0 saturated heterocycles. The third-order valence-corrected chi connectivity index (χ3v) is 4.20. The standard InChI is InChI=1S/C17H28N2/c1-4-17(13-18-14(2)3)19-11-9-15-7-5-6-8-16(15)10-12-19/h5-8,14,17-18H,4,9-13H2,1-3H3. The minimum Gasteiger partial charge on any atom is -0.313 e. The summed E-state index contributed by atoms with van der Waals surface area (Å²) < 4.78 is 0. The van der Waals surface area contributed by atoms with Crippen molar-refractivity contribution < 1.29 is 0 Å². The van der Waals surface area contributed by atoms with E-state index < -0.39 is 0 Å². The molecule has 1 aliphatic heterocycles. The average Bonchev–Trinajstić information content (AvgIpc) is 2.62. The van der Waals surface area contributed by atoms with Gasteiger partial charge in [0.2, 0.25) is 0 Å². The molecule has 1 aliphatic rings. The Kier molecular flexibility index (Phi) is 5.41. The summed E-state index contributed by atoms with van der Waals surface area (Å²) in [4.78, 5) is 2.68. The molecular weight excluding hydrogens is 232 g/mol. The van der Waals surface area contributed by atoms with Gasteiger partial charge in [0.25, 0.3) is 0 Å². The van der Waals surface area contributed by atoms with E-state index in [1.54, 1.807) is 11.1 Å². The van der Waals surface area contributed by atoms with Crippen molar-refractivity contribution in [3.8, 4) is 0 Å². The number of rotatable bonds is 5. The fourth-order valence-electron chi connectivity index (χ4n) is 2.95. The van der Waals surface area contributed by atoms with Crippen molar-refractivity contribution in [3.63, 3.8) is 0 Å². The highest BCUT2D eigenvalue weighted by Crippen LogP contribution is 2.17. The molecule has 0 amide bonds. The summed E-state index contributed by atoms with van der Waals surface area (Å²) in [6, 6.07) is 10.2. The summed E-state index contributed by atoms with van der Waals surface area (Å²) in [6.07, 6.45) is 3.64. The van der Waals surface area contributed by atoms with E-state index in [9.17, 15) is 0 Å². The van der Waals surface area contributed by atoms with Gasteiger partial charge in [-0.2, -0.15) is 0 Å². The normalized spacial score (nSPS) is 18.1. The van der Waals surface area contributed by atoms with E-state index in [1.165, 1.54) is 32.4 Å². The molecule has 2 heteroatoms. The molecule has 1 N–H and O–H groups in total. The Labute approximate surface area is 118 Å². The minimum atomic E-state index is 0.582. The lowest BCUT2D eigenvalue weighted by atomic mass is 10.0. The largest absolute Gasteiger partial charge is 0.313 e. The van der Waals surface area contributed by atoms with E-state index in [0.29, 0.717) is 12.1 Å². The van der Waals surface area contributed by atoms with Gasteiger partial charge in [0.1, 0.15) is 0 Å². The van der Waals surface area contributed by atoms with Crippen LogP contribution in [0.15, 0.2) is 24.3 Å². The van der Waals surface area contributed by atoms with E-state index in [4.69, 9.17) is 0 Å². The molecule has 0 aromatic heterocycles. The predicted octanol–water partition coefficient (Wildman–Crippen LogP) is 2.86. The van der Waals surface area contributed by atoms with Crippen molar-refractivity contribution in [1.82, 2.24) is 10.2 Å². The van der Waals surface area contributed by atoms with Gasteiger partial charge in [-0.3, -0.25) is 4.90 Å². The van der Waals surface area contributed by atoms with Crippen LogP contribution in [0.25, 0.3) is 0 Å². The average molecular weight is 260 g/mol. The predicted molar refractivity (Wildman–Crippen MR) is 82.6 cm³/mol.